The molecule has 0 fully saturated rings. The van der Waals surface area contributed by atoms with E-state index in [0.717, 1.165) is 0 Å². The van der Waals surface area contributed by atoms with Crippen molar-refractivity contribution >= 4 is 27.8 Å². The molecular weight excluding hydrogens is 219 g/mol. The Hall–Kier alpha value is 0.857. The van der Waals surface area contributed by atoms with E-state index in [-0.39, 0.29) is 5.54 Å². The Balaban J connectivity index is 4.34. The van der Waals surface area contributed by atoms with Crippen LogP contribution in [0.25, 0.3) is 0 Å². The maximum atomic E-state index is 6.41. The molecule has 0 saturated heterocycles. The van der Waals surface area contributed by atoms with Gasteiger partial charge in [-0.1, -0.05) is 24.3 Å². The van der Waals surface area contributed by atoms with Gasteiger partial charge in [-0.15, -0.1) is 0 Å². The molecule has 1 atom stereocenters. The van der Waals surface area contributed by atoms with Crippen molar-refractivity contribution in [2.45, 2.75) is 39.4 Å². The minimum atomic E-state index is -0.762. The largest absolute Gasteiger partial charge is 0.285 e. The SMILES string of the molecule is CN([SiH](C)C)P(Cl)N(C)C(C)(C)C. The van der Waals surface area contributed by atoms with Gasteiger partial charge in [0.25, 0.3) is 0 Å². The van der Waals surface area contributed by atoms with Gasteiger partial charge < -0.3 is 0 Å². The molecule has 13 heavy (non-hydrogen) atoms. The number of nitrogens with zero attached hydrogens (tertiary/aromatic N) is 2. The van der Waals surface area contributed by atoms with Crippen molar-refractivity contribution in [2.75, 3.05) is 14.1 Å². The smallest absolute Gasteiger partial charge is 0.133 e. The lowest BCUT2D eigenvalue weighted by atomic mass is 10.1. The molecule has 0 N–H and O–H groups in total. The second-order valence-corrected chi connectivity index (χ2v) is 10.6. The molecule has 0 aromatic heterocycles. The lowest BCUT2D eigenvalue weighted by Gasteiger charge is -2.40. The van der Waals surface area contributed by atoms with Crippen LogP contribution in [0.15, 0.2) is 0 Å². The second-order valence-electron chi connectivity index (χ2n) is 4.60. The van der Waals surface area contributed by atoms with Crippen LogP contribution in [-0.4, -0.2) is 37.6 Å². The Morgan fingerprint density at radius 3 is 1.77 bits per heavy atom. The summed E-state index contributed by atoms with van der Waals surface area (Å²) < 4.78 is 4.61. The van der Waals surface area contributed by atoms with Crippen molar-refractivity contribution in [1.29, 1.82) is 0 Å². The molecule has 0 aliphatic rings. The first-order valence-corrected chi connectivity index (χ1v) is 9.58. The molecule has 1 unspecified atom stereocenters. The van der Waals surface area contributed by atoms with Crippen LogP contribution in [0.1, 0.15) is 20.8 Å². The topological polar surface area (TPSA) is 6.48 Å². The van der Waals surface area contributed by atoms with Crippen LogP contribution in [0, 0.1) is 0 Å². The van der Waals surface area contributed by atoms with Crippen molar-refractivity contribution in [3.8, 4) is 0 Å². The molecule has 0 rings (SSSR count). The van der Waals surface area contributed by atoms with Crippen molar-refractivity contribution in [3.05, 3.63) is 0 Å². The van der Waals surface area contributed by atoms with Gasteiger partial charge in [-0.25, -0.2) is 0 Å². The zero-order valence-corrected chi connectivity index (χ0v) is 12.6. The molecule has 0 bridgehead atoms. The van der Waals surface area contributed by atoms with E-state index in [4.69, 9.17) is 11.2 Å². The van der Waals surface area contributed by atoms with Gasteiger partial charge in [-0.2, -0.15) is 0 Å². The Morgan fingerprint density at radius 1 is 1.15 bits per heavy atom. The van der Waals surface area contributed by atoms with Gasteiger partial charge >= 0.3 is 0 Å². The molecule has 0 aliphatic carbocycles. The first-order chi connectivity index (χ1) is 5.68. The average molecular weight is 241 g/mol. The highest BCUT2D eigenvalue weighted by Crippen LogP contribution is 2.50. The fourth-order valence-corrected chi connectivity index (χ4v) is 5.81. The van der Waals surface area contributed by atoms with E-state index < -0.39 is 16.5 Å². The lowest BCUT2D eigenvalue weighted by Crippen LogP contribution is -2.38. The molecule has 0 amide bonds. The van der Waals surface area contributed by atoms with E-state index in [0.29, 0.717) is 0 Å². The third kappa shape index (κ3) is 4.26. The minimum Gasteiger partial charge on any atom is -0.285 e. The maximum absolute atomic E-state index is 6.41. The monoisotopic (exact) mass is 240 g/mol. The van der Waals surface area contributed by atoms with E-state index in [2.05, 4.69) is 57.0 Å². The van der Waals surface area contributed by atoms with Crippen molar-refractivity contribution in [3.63, 3.8) is 0 Å². The third-order valence-corrected chi connectivity index (χ3v) is 9.21. The molecule has 0 aromatic carbocycles. The molecular formula is C8H22ClN2PSi. The Kier molecular flexibility index (Phi) is 5.42. The van der Waals surface area contributed by atoms with Crippen LogP contribution in [-0.2, 0) is 0 Å². The summed E-state index contributed by atoms with van der Waals surface area (Å²) in [5, 5.41) is 0. The van der Waals surface area contributed by atoms with Gasteiger partial charge in [-0.05, 0) is 34.9 Å². The highest BCUT2D eigenvalue weighted by molar-refractivity contribution is 7.81. The summed E-state index contributed by atoms with van der Waals surface area (Å²) in [6.45, 7) is 11.2. The maximum Gasteiger partial charge on any atom is 0.133 e. The molecule has 0 aromatic rings. The highest BCUT2D eigenvalue weighted by Gasteiger charge is 2.28. The zero-order chi connectivity index (χ0) is 10.8. The minimum absolute atomic E-state index is 0.158. The van der Waals surface area contributed by atoms with Crippen molar-refractivity contribution < 1.29 is 0 Å². The van der Waals surface area contributed by atoms with Crippen LogP contribution in [0.4, 0.5) is 0 Å². The van der Waals surface area contributed by atoms with E-state index in [9.17, 15) is 0 Å². The van der Waals surface area contributed by atoms with Gasteiger partial charge in [0.2, 0.25) is 0 Å². The van der Waals surface area contributed by atoms with Crippen LogP contribution >= 0.6 is 18.8 Å². The third-order valence-electron chi connectivity index (χ3n) is 2.23. The highest BCUT2D eigenvalue weighted by atomic mass is 35.7. The molecule has 5 heteroatoms. The lowest BCUT2D eigenvalue weighted by molar-refractivity contribution is 0.305. The number of rotatable bonds is 3. The molecule has 0 saturated carbocycles. The Bertz CT molecular complexity index is 161. The van der Waals surface area contributed by atoms with Gasteiger partial charge in [0.05, 0.1) is 0 Å². The molecule has 0 spiro atoms. The molecule has 0 radical (unpaired) electrons. The molecule has 80 valence electrons. The standard InChI is InChI=1S/C8H22ClN2PSi/c1-8(2,3)10(4)12(9)11(5)13(6)7/h13H,1-7H3. The summed E-state index contributed by atoms with van der Waals surface area (Å²) in [6.07, 6.45) is 0. The van der Waals surface area contributed by atoms with Crippen LogP contribution < -0.4 is 0 Å². The van der Waals surface area contributed by atoms with Crippen molar-refractivity contribution in [2.24, 2.45) is 0 Å². The predicted octanol–water partition coefficient (Wildman–Crippen LogP) is 3.10. The van der Waals surface area contributed by atoms with Crippen molar-refractivity contribution in [1.82, 2.24) is 9.01 Å². The van der Waals surface area contributed by atoms with E-state index in [1.807, 2.05) is 0 Å². The Labute approximate surface area is 90.6 Å². The first kappa shape index (κ1) is 13.9. The Morgan fingerprint density at radius 2 is 1.54 bits per heavy atom. The zero-order valence-electron chi connectivity index (χ0n) is 9.80. The summed E-state index contributed by atoms with van der Waals surface area (Å²) in [6, 6.07) is 0. The predicted molar refractivity (Wildman–Crippen MR) is 66.9 cm³/mol. The fourth-order valence-electron chi connectivity index (χ4n) is 0.650. The second kappa shape index (κ2) is 5.08. The van der Waals surface area contributed by atoms with Crippen LogP contribution in [0.2, 0.25) is 13.1 Å². The summed E-state index contributed by atoms with van der Waals surface area (Å²) in [5.74, 6) is 0. The number of hydrogen-bond donors (Lipinski definition) is 0. The van der Waals surface area contributed by atoms with Gasteiger partial charge in [0.15, 0.2) is 0 Å². The van der Waals surface area contributed by atoms with Crippen LogP contribution in [0.5, 0.6) is 0 Å². The first-order valence-electron chi connectivity index (χ1n) is 4.60. The summed E-state index contributed by atoms with van der Waals surface area (Å²) in [4.78, 5) is 0. The van der Waals surface area contributed by atoms with Gasteiger partial charge in [-0.3, -0.25) is 9.01 Å². The quantitative estimate of drug-likeness (QED) is 0.553. The number of halogens is 1. The van der Waals surface area contributed by atoms with E-state index in [1.54, 1.807) is 0 Å². The molecule has 0 heterocycles. The summed E-state index contributed by atoms with van der Waals surface area (Å²) in [7, 11) is 2.85. The van der Waals surface area contributed by atoms with E-state index in [1.165, 1.54) is 0 Å². The van der Waals surface area contributed by atoms with Gasteiger partial charge in [0.1, 0.15) is 16.5 Å². The summed E-state index contributed by atoms with van der Waals surface area (Å²) >= 11 is 6.41. The average Bonchev–Trinajstić information content (AvgIpc) is 1.98. The fraction of sp³-hybridized carbons (Fsp3) is 1.00. The van der Waals surface area contributed by atoms with Crippen LogP contribution in [0.3, 0.4) is 0 Å². The molecule has 0 aliphatic heterocycles. The normalized spacial score (nSPS) is 15.9. The summed E-state index contributed by atoms with van der Waals surface area (Å²) in [5.41, 5.74) is 0.158. The number of hydrogen-bond acceptors (Lipinski definition) is 2. The van der Waals surface area contributed by atoms with E-state index >= 15 is 0 Å². The van der Waals surface area contributed by atoms with Gasteiger partial charge in [0, 0.05) is 5.54 Å². The molecule has 2 nitrogen and oxygen atoms in total.